The van der Waals surface area contributed by atoms with Crippen LogP contribution in [0.2, 0.25) is 0 Å². The molecule has 0 atom stereocenters. The molecule has 0 amide bonds. The number of nitrogens with zero attached hydrogens (tertiary/aromatic N) is 1. The summed E-state index contributed by atoms with van der Waals surface area (Å²) >= 11 is 0. The van der Waals surface area contributed by atoms with Crippen LogP contribution in [-0.4, -0.2) is 29.7 Å². The second-order valence-corrected chi connectivity index (χ2v) is 8.58. The normalized spacial score (nSPS) is 11.1. The molecule has 0 unspecified atom stereocenters. The molecule has 0 saturated carbocycles. The second-order valence-electron chi connectivity index (χ2n) is 6.72. The van der Waals surface area contributed by atoms with Gasteiger partial charge in [-0.25, -0.2) is 8.42 Å². The van der Waals surface area contributed by atoms with Crippen molar-refractivity contribution in [1.29, 1.82) is 0 Å². The van der Waals surface area contributed by atoms with Crippen LogP contribution in [-0.2, 0) is 16.6 Å². The van der Waals surface area contributed by atoms with Crippen LogP contribution in [0.25, 0.3) is 0 Å². The lowest BCUT2D eigenvalue weighted by Crippen LogP contribution is -2.30. The fourth-order valence-corrected chi connectivity index (χ4v) is 4.52. The predicted octanol–water partition coefficient (Wildman–Crippen LogP) is 4.42. The number of methoxy groups -OCH3 is 3. The number of aryl methyl sites for hydroxylation is 1. The Labute approximate surface area is 177 Å². The molecule has 6 nitrogen and oxygen atoms in total. The van der Waals surface area contributed by atoms with Crippen molar-refractivity contribution >= 4 is 15.7 Å². The topological polar surface area (TPSA) is 65.1 Å². The molecule has 0 radical (unpaired) electrons. The molecular weight excluding hydrogens is 402 g/mol. The molecule has 158 valence electrons. The van der Waals surface area contributed by atoms with Gasteiger partial charge >= 0.3 is 0 Å². The van der Waals surface area contributed by atoms with Gasteiger partial charge in [0.2, 0.25) is 0 Å². The average Bonchev–Trinajstić information content (AvgIpc) is 2.78. The zero-order valence-corrected chi connectivity index (χ0v) is 18.3. The van der Waals surface area contributed by atoms with Crippen molar-refractivity contribution in [3.63, 3.8) is 0 Å². The van der Waals surface area contributed by atoms with Gasteiger partial charge in [0.15, 0.2) is 11.5 Å². The van der Waals surface area contributed by atoms with Gasteiger partial charge in [-0.3, -0.25) is 4.31 Å². The van der Waals surface area contributed by atoms with E-state index in [-0.39, 0.29) is 11.4 Å². The Balaban J connectivity index is 2.12. The van der Waals surface area contributed by atoms with Gasteiger partial charge in [0.1, 0.15) is 5.75 Å². The van der Waals surface area contributed by atoms with Crippen molar-refractivity contribution < 1.29 is 22.6 Å². The number of rotatable bonds is 8. The smallest absolute Gasteiger partial charge is 0.264 e. The van der Waals surface area contributed by atoms with Crippen LogP contribution in [0.1, 0.15) is 11.1 Å². The maximum absolute atomic E-state index is 13.6. The summed E-state index contributed by atoms with van der Waals surface area (Å²) in [6, 6.07) is 19.2. The quantitative estimate of drug-likeness (QED) is 0.533. The van der Waals surface area contributed by atoms with Crippen molar-refractivity contribution in [2.24, 2.45) is 0 Å². The van der Waals surface area contributed by atoms with Crippen molar-refractivity contribution in [3.05, 3.63) is 77.9 Å². The largest absolute Gasteiger partial charge is 0.497 e. The summed E-state index contributed by atoms with van der Waals surface area (Å²) in [4.78, 5) is 0.142. The number of ether oxygens (including phenoxy) is 3. The zero-order chi connectivity index (χ0) is 21.7. The highest BCUT2D eigenvalue weighted by molar-refractivity contribution is 7.92. The summed E-state index contributed by atoms with van der Waals surface area (Å²) in [5, 5.41) is 0. The van der Waals surface area contributed by atoms with E-state index >= 15 is 0 Å². The van der Waals surface area contributed by atoms with Gasteiger partial charge in [-0.15, -0.1) is 0 Å². The highest BCUT2D eigenvalue weighted by Gasteiger charge is 2.26. The van der Waals surface area contributed by atoms with Gasteiger partial charge in [0, 0.05) is 12.1 Å². The van der Waals surface area contributed by atoms with Gasteiger partial charge in [-0.2, -0.15) is 0 Å². The Kier molecular flexibility index (Phi) is 6.52. The van der Waals surface area contributed by atoms with E-state index in [0.29, 0.717) is 22.9 Å². The molecule has 3 aromatic rings. The first-order valence-electron chi connectivity index (χ1n) is 9.33. The van der Waals surface area contributed by atoms with Crippen molar-refractivity contribution in [3.8, 4) is 17.2 Å². The summed E-state index contributed by atoms with van der Waals surface area (Å²) < 4.78 is 44.5. The molecule has 3 rings (SSSR count). The predicted molar refractivity (Wildman–Crippen MR) is 117 cm³/mol. The number of sulfonamides is 1. The molecule has 0 fully saturated rings. The molecule has 0 aliphatic heterocycles. The lowest BCUT2D eigenvalue weighted by Gasteiger charge is -2.26. The molecule has 0 saturated heterocycles. The summed E-state index contributed by atoms with van der Waals surface area (Å²) in [5.74, 6) is 1.44. The van der Waals surface area contributed by atoms with Gasteiger partial charge in [0.05, 0.1) is 38.5 Å². The first-order chi connectivity index (χ1) is 14.4. The molecule has 3 aromatic carbocycles. The molecule has 0 N–H and O–H groups in total. The first kappa shape index (κ1) is 21.5. The number of anilines is 1. The molecule has 0 spiro atoms. The third kappa shape index (κ3) is 4.52. The number of hydrogen-bond acceptors (Lipinski definition) is 5. The standard InChI is InChI=1S/C23H25NO5S/c1-17-8-10-18(11-9-17)16-24(19-12-13-22(28-3)23(14-19)29-4)30(25,26)21-7-5-6-20(15-21)27-2/h5-15H,16H2,1-4H3. The van der Waals surface area contributed by atoms with Crippen LogP contribution < -0.4 is 18.5 Å². The minimum absolute atomic E-state index is 0.142. The molecule has 0 bridgehead atoms. The average molecular weight is 428 g/mol. The fourth-order valence-electron chi connectivity index (χ4n) is 3.04. The van der Waals surface area contributed by atoms with Gasteiger partial charge in [-0.05, 0) is 36.8 Å². The molecule has 0 aliphatic rings. The Hall–Kier alpha value is -3.19. The molecule has 0 aliphatic carbocycles. The van der Waals surface area contributed by atoms with E-state index in [0.717, 1.165) is 11.1 Å². The van der Waals surface area contributed by atoms with Crippen LogP contribution in [0.5, 0.6) is 17.2 Å². The van der Waals surface area contributed by atoms with Gasteiger partial charge < -0.3 is 14.2 Å². The van der Waals surface area contributed by atoms with Crippen LogP contribution in [0.4, 0.5) is 5.69 Å². The number of benzene rings is 3. The lowest BCUT2D eigenvalue weighted by atomic mass is 10.1. The summed E-state index contributed by atoms with van der Waals surface area (Å²) in [6.45, 7) is 2.15. The Morgan fingerprint density at radius 1 is 0.800 bits per heavy atom. The Bertz CT molecular complexity index is 1110. The molecule has 0 heterocycles. The van der Waals surface area contributed by atoms with Crippen molar-refractivity contribution in [1.82, 2.24) is 0 Å². The molecule has 7 heteroatoms. The molecule has 30 heavy (non-hydrogen) atoms. The Morgan fingerprint density at radius 3 is 2.13 bits per heavy atom. The minimum atomic E-state index is -3.88. The van der Waals surface area contributed by atoms with Crippen LogP contribution in [0.15, 0.2) is 71.6 Å². The van der Waals surface area contributed by atoms with E-state index in [1.807, 2.05) is 31.2 Å². The maximum atomic E-state index is 13.6. The zero-order valence-electron chi connectivity index (χ0n) is 17.5. The van der Waals surface area contributed by atoms with E-state index in [9.17, 15) is 8.42 Å². The van der Waals surface area contributed by atoms with E-state index in [4.69, 9.17) is 14.2 Å². The van der Waals surface area contributed by atoms with Crippen LogP contribution in [0.3, 0.4) is 0 Å². The minimum Gasteiger partial charge on any atom is -0.497 e. The summed E-state index contributed by atoms with van der Waals surface area (Å²) in [5.41, 5.74) is 2.44. The Morgan fingerprint density at radius 2 is 1.50 bits per heavy atom. The second kappa shape index (κ2) is 9.09. The van der Waals surface area contributed by atoms with E-state index < -0.39 is 10.0 Å². The summed E-state index contributed by atoms with van der Waals surface area (Å²) in [6.07, 6.45) is 0. The van der Waals surface area contributed by atoms with Gasteiger partial charge in [0.25, 0.3) is 10.0 Å². The van der Waals surface area contributed by atoms with Crippen LogP contribution in [0, 0.1) is 6.92 Å². The maximum Gasteiger partial charge on any atom is 0.264 e. The van der Waals surface area contributed by atoms with E-state index in [1.165, 1.54) is 31.7 Å². The SMILES string of the molecule is COc1cccc(S(=O)(=O)N(Cc2ccc(C)cc2)c2ccc(OC)c(OC)c2)c1. The lowest BCUT2D eigenvalue weighted by molar-refractivity contribution is 0.355. The number of hydrogen-bond donors (Lipinski definition) is 0. The third-order valence-electron chi connectivity index (χ3n) is 4.73. The van der Waals surface area contributed by atoms with Gasteiger partial charge in [-0.1, -0.05) is 35.9 Å². The first-order valence-corrected chi connectivity index (χ1v) is 10.8. The molecular formula is C23H25NO5S. The fraction of sp³-hybridized carbons (Fsp3) is 0.217. The van der Waals surface area contributed by atoms with Crippen molar-refractivity contribution in [2.75, 3.05) is 25.6 Å². The van der Waals surface area contributed by atoms with Crippen LogP contribution >= 0.6 is 0 Å². The van der Waals surface area contributed by atoms with Crippen molar-refractivity contribution in [2.45, 2.75) is 18.4 Å². The van der Waals surface area contributed by atoms with E-state index in [1.54, 1.807) is 36.4 Å². The third-order valence-corrected chi connectivity index (χ3v) is 6.50. The van der Waals surface area contributed by atoms with E-state index in [2.05, 4.69) is 0 Å². The highest BCUT2D eigenvalue weighted by Crippen LogP contribution is 2.35. The monoisotopic (exact) mass is 427 g/mol. The summed E-state index contributed by atoms with van der Waals surface area (Å²) in [7, 11) is 0.674. The highest BCUT2D eigenvalue weighted by atomic mass is 32.2. The molecule has 0 aromatic heterocycles.